The first-order valence-electron chi connectivity index (χ1n) is 9.38. The number of ether oxygens (including phenoxy) is 3. The number of methoxy groups -OCH3 is 3. The molecule has 3 aromatic rings. The van der Waals surface area contributed by atoms with E-state index in [-0.39, 0.29) is 5.91 Å². The number of hydrogen-bond acceptors (Lipinski definition) is 7. The second-order valence-corrected chi connectivity index (χ2v) is 7.44. The monoisotopic (exact) mass is 437 g/mol. The number of hydrogen-bond donors (Lipinski definition) is 1. The van der Waals surface area contributed by atoms with Gasteiger partial charge in [-0.05, 0) is 54.1 Å². The fourth-order valence-electron chi connectivity index (χ4n) is 2.86. The van der Waals surface area contributed by atoms with Crippen LogP contribution in [-0.2, 0) is 11.2 Å². The van der Waals surface area contributed by atoms with E-state index in [4.69, 9.17) is 14.2 Å². The normalized spacial score (nSPS) is 10.3. The molecule has 2 aromatic carbocycles. The Morgan fingerprint density at radius 1 is 1.06 bits per heavy atom. The Labute approximate surface area is 185 Å². The van der Waals surface area contributed by atoms with Crippen molar-refractivity contribution in [2.24, 2.45) is 0 Å². The number of amides is 1. The van der Waals surface area contributed by atoms with Crippen molar-refractivity contribution in [2.75, 3.05) is 26.6 Å². The van der Waals surface area contributed by atoms with Gasteiger partial charge in [0.25, 0.3) is 0 Å². The first-order chi connectivity index (χ1) is 15.1. The van der Waals surface area contributed by atoms with Gasteiger partial charge in [0.05, 0.1) is 21.3 Å². The van der Waals surface area contributed by atoms with Crippen LogP contribution >= 0.6 is 11.8 Å². The van der Waals surface area contributed by atoms with E-state index < -0.39 is 0 Å². The molecule has 0 atom stereocenters. The first kappa shape index (κ1) is 22.2. The molecule has 0 spiro atoms. The topological polar surface area (TPSA) is 82.6 Å². The van der Waals surface area contributed by atoms with Crippen molar-refractivity contribution in [3.05, 3.63) is 72.7 Å². The van der Waals surface area contributed by atoms with Crippen LogP contribution in [0.2, 0.25) is 0 Å². The Morgan fingerprint density at radius 2 is 1.74 bits per heavy atom. The Balaban J connectivity index is 1.75. The van der Waals surface area contributed by atoms with Gasteiger partial charge < -0.3 is 19.5 Å². The minimum Gasteiger partial charge on any atom is -0.493 e. The summed E-state index contributed by atoms with van der Waals surface area (Å²) in [6, 6.07) is 13.1. The molecule has 0 bridgehead atoms. The Kier molecular flexibility index (Phi) is 7.50. The van der Waals surface area contributed by atoms with Crippen molar-refractivity contribution < 1.29 is 19.0 Å². The highest BCUT2D eigenvalue weighted by Crippen LogP contribution is 2.38. The number of nitrogens with one attached hydrogen (secondary N) is 1. The van der Waals surface area contributed by atoms with Crippen molar-refractivity contribution in [1.82, 2.24) is 9.97 Å². The van der Waals surface area contributed by atoms with Gasteiger partial charge in [-0.2, -0.15) is 0 Å². The molecule has 1 amide bonds. The summed E-state index contributed by atoms with van der Waals surface area (Å²) in [5.74, 6) is 2.16. The molecule has 0 saturated heterocycles. The summed E-state index contributed by atoms with van der Waals surface area (Å²) in [4.78, 5) is 21.4. The maximum absolute atomic E-state index is 11.4. The third kappa shape index (κ3) is 5.76. The summed E-state index contributed by atoms with van der Waals surface area (Å²) in [5.41, 5.74) is 1.65. The first-order valence-corrected chi connectivity index (χ1v) is 10.2. The molecular formula is C23H23N3O4S. The van der Waals surface area contributed by atoms with E-state index in [2.05, 4.69) is 21.9 Å². The lowest BCUT2D eigenvalue weighted by atomic mass is 10.1. The highest BCUT2D eigenvalue weighted by Gasteiger charge is 2.14. The minimum absolute atomic E-state index is 0.243. The van der Waals surface area contributed by atoms with E-state index in [1.165, 1.54) is 17.8 Å². The number of carbonyl (C=O) groups excluding carboxylic acids is 1. The number of carbonyl (C=O) groups is 1. The van der Waals surface area contributed by atoms with Crippen LogP contribution in [-0.4, -0.2) is 37.2 Å². The van der Waals surface area contributed by atoms with E-state index in [9.17, 15) is 4.79 Å². The molecule has 0 fully saturated rings. The van der Waals surface area contributed by atoms with Crippen molar-refractivity contribution >= 4 is 23.4 Å². The van der Waals surface area contributed by atoms with Gasteiger partial charge >= 0.3 is 0 Å². The van der Waals surface area contributed by atoms with Crippen LogP contribution in [0.1, 0.15) is 11.4 Å². The standard InChI is InChI=1S/C23H23N3O4S/c1-5-21(27)25-16-6-8-17(9-7-16)31-22-10-11-24-20(26-22)14-15-12-18(28-2)23(30-4)19(13-15)29-3/h5-13H,1,14H2,2-4H3,(H,25,27). The summed E-state index contributed by atoms with van der Waals surface area (Å²) in [5, 5.41) is 3.54. The van der Waals surface area contributed by atoms with Crippen LogP contribution in [0.15, 0.2) is 71.2 Å². The predicted octanol–water partition coefficient (Wildman–Crippen LogP) is 4.37. The Bertz CT molecular complexity index is 1050. The maximum Gasteiger partial charge on any atom is 0.247 e. The van der Waals surface area contributed by atoms with Crippen LogP contribution < -0.4 is 19.5 Å². The lowest BCUT2D eigenvalue weighted by Crippen LogP contribution is -2.06. The van der Waals surface area contributed by atoms with Gasteiger partial charge in [-0.3, -0.25) is 4.79 Å². The molecular weight excluding hydrogens is 414 g/mol. The fourth-order valence-corrected chi connectivity index (χ4v) is 3.66. The van der Waals surface area contributed by atoms with Crippen LogP contribution in [0.4, 0.5) is 5.69 Å². The molecule has 160 valence electrons. The van der Waals surface area contributed by atoms with E-state index in [1.54, 1.807) is 27.5 Å². The molecule has 1 heterocycles. The van der Waals surface area contributed by atoms with Crippen molar-refractivity contribution in [3.63, 3.8) is 0 Å². The maximum atomic E-state index is 11.4. The van der Waals surface area contributed by atoms with E-state index >= 15 is 0 Å². The second-order valence-electron chi connectivity index (χ2n) is 6.34. The predicted molar refractivity (Wildman–Crippen MR) is 120 cm³/mol. The van der Waals surface area contributed by atoms with Gasteiger partial charge in [0.15, 0.2) is 11.5 Å². The molecule has 1 aromatic heterocycles. The zero-order valence-corrected chi connectivity index (χ0v) is 18.4. The molecule has 0 saturated carbocycles. The average Bonchev–Trinajstić information content (AvgIpc) is 2.79. The summed E-state index contributed by atoms with van der Waals surface area (Å²) in [7, 11) is 4.75. The van der Waals surface area contributed by atoms with Gasteiger partial charge in [-0.1, -0.05) is 18.3 Å². The molecule has 7 nitrogen and oxygen atoms in total. The van der Waals surface area contributed by atoms with Crippen LogP contribution in [0, 0.1) is 0 Å². The summed E-state index contributed by atoms with van der Waals surface area (Å²) in [6.45, 7) is 3.45. The van der Waals surface area contributed by atoms with Gasteiger partial charge in [0, 0.05) is 23.2 Å². The van der Waals surface area contributed by atoms with Crippen molar-refractivity contribution in [3.8, 4) is 17.2 Å². The summed E-state index contributed by atoms with van der Waals surface area (Å²) in [6.07, 6.45) is 3.48. The molecule has 1 N–H and O–H groups in total. The largest absolute Gasteiger partial charge is 0.493 e. The SMILES string of the molecule is C=CC(=O)Nc1ccc(Sc2ccnc(Cc3cc(OC)c(OC)c(OC)c3)n2)cc1. The van der Waals surface area contributed by atoms with Gasteiger partial charge in [0.1, 0.15) is 10.9 Å². The van der Waals surface area contributed by atoms with Crippen LogP contribution in [0.25, 0.3) is 0 Å². The molecule has 0 unspecified atom stereocenters. The van der Waals surface area contributed by atoms with E-state index in [0.717, 1.165) is 15.5 Å². The zero-order valence-electron chi connectivity index (χ0n) is 17.5. The quantitative estimate of drug-likeness (QED) is 0.393. The molecule has 31 heavy (non-hydrogen) atoms. The van der Waals surface area contributed by atoms with Crippen molar-refractivity contribution in [1.29, 1.82) is 0 Å². The smallest absolute Gasteiger partial charge is 0.247 e. The summed E-state index contributed by atoms with van der Waals surface area (Å²) < 4.78 is 16.2. The lowest BCUT2D eigenvalue weighted by Gasteiger charge is -2.14. The summed E-state index contributed by atoms with van der Waals surface area (Å²) >= 11 is 1.51. The average molecular weight is 438 g/mol. The van der Waals surface area contributed by atoms with Gasteiger partial charge in [-0.15, -0.1) is 0 Å². The third-order valence-electron chi connectivity index (χ3n) is 4.30. The van der Waals surface area contributed by atoms with Crippen LogP contribution in [0.5, 0.6) is 17.2 Å². The molecule has 0 aliphatic rings. The number of aromatic nitrogens is 2. The number of anilines is 1. The zero-order chi connectivity index (χ0) is 22.2. The molecule has 8 heteroatoms. The fraction of sp³-hybridized carbons (Fsp3) is 0.174. The van der Waals surface area contributed by atoms with E-state index in [0.29, 0.717) is 35.2 Å². The number of benzene rings is 2. The highest BCUT2D eigenvalue weighted by molar-refractivity contribution is 7.99. The molecule has 3 rings (SSSR count). The third-order valence-corrected chi connectivity index (χ3v) is 5.24. The Hall–Kier alpha value is -3.52. The number of rotatable bonds is 9. The van der Waals surface area contributed by atoms with Crippen LogP contribution in [0.3, 0.4) is 0 Å². The molecule has 0 radical (unpaired) electrons. The lowest BCUT2D eigenvalue weighted by molar-refractivity contribution is -0.111. The second kappa shape index (κ2) is 10.5. The molecule has 0 aliphatic carbocycles. The van der Waals surface area contributed by atoms with Crippen molar-refractivity contribution in [2.45, 2.75) is 16.3 Å². The Morgan fingerprint density at radius 3 is 2.32 bits per heavy atom. The van der Waals surface area contributed by atoms with Gasteiger partial charge in [0.2, 0.25) is 11.7 Å². The molecule has 0 aliphatic heterocycles. The highest BCUT2D eigenvalue weighted by atomic mass is 32.2. The number of nitrogens with zero attached hydrogens (tertiary/aromatic N) is 2. The van der Waals surface area contributed by atoms with E-state index in [1.807, 2.05) is 42.5 Å². The minimum atomic E-state index is -0.243. The van der Waals surface area contributed by atoms with Gasteiger partial charge in [-0.25, -0.2) is 9.97 Å².